The molecule has 5 nitrogen and oxygen atoms in total. The first kappa shape index (κ1) is 14.7. The van der Waals surface area contributed by atoms with Gasteiger partial charge in [0, 0.05) is 57.6 Å². The topological polar surface area (TPSA) is 44.3 Å². The van der Waals surface area contributed by atoms with Crippen LogP contribution in [0.15, 0.2) is 6.33 Å². The Morgan fingerprint density at radius 2 is 1.95 bits per heavy atom. The van der Waals surface area contributed by atoms with Crippen molar-refractivity contribution in [3.8, 4) is 0 Å². The summed E-state index contributed by atoms with van der Waals surface area (Å²) in [6.07, 6.45) is 7.88. The molecule has 1 aliphatic carbocycles. The fourth-order valence-electron chi connectivity index (χ4n) is 3.34. The van der Waals surface area contributed by atoms with E-state index in [1.165, 1.54) is 30.5 Å². The Morgan fingerprint density at radius 3 is 2.81 bits per heavy atom. The van der Waals surface area contributed by atoms with Gasteiger partial charge in [0.05, 0.1) is 0 Å². The van der Waals surface area contributed by atoms with Crippen molar-refractivity contribution in [3.05, 3.63) is 17.6 Å². The van der Waals surface area contributed by atoms with Gasteiger partial charge in [-0.05, 0) is 25.7 Å². The zero-order valence-electron chi connectivity index (χ0n) is 13.1. The molecule has 1 aliphatic heterocycles. The highest BCUT2D eigenvalue weighted by Crippen LogP contribution is 2.25. The van der Waals surface area contributed by atoms with Crippen molar-refractivity contribution in [2.75, 3.05) is 51.2 Å². The molecular weight excluding hydrogens is 262 g/mol. The minimum atomic E-state index is 1.05. The number of hydrogen-bond acceptors (Lipinski definition) is 5. The summed E-state index contributed by atoms with van der Waals surface area (Å²) in [5.41, 5.74) is 2.68. The highest BCUT2D eigenvalue weighted by atomic mass is 15.2. The Bertz CT molecular complexity index is 456. The number of piperazine rings is 1. The zero-order valence-corrected chi connectivity index (χ0v) is 13.1. The number of fused-ring (bicyclic) bond motifs is 1. The van der Waals surface area contributed by atoms with Gasteiger partial charge in [-0.15, -0.1) is 0 Å². The molecule has 0 amide bonds. The van der Waals surface area contributed by atoms with Gasteiger partial charge < -0.3 is 10.2 Å². The second kappa shape index (κ2) is 7.18. The van der Waals surface area contributed by atoms with Crippen LogP contribution in [0.4, 0.5) is 5.82 Å². The minimum absolute atomic E-state index is 1.05. The summed E-state index contributed by atoms with van der Waals surface area (Å²) in [7, 11) is 2.18. The van der Waals surface area contributed by atoms with E-state index in [0.29, 0.717) is 0 Å². The van der Waals surface area contributed by atoms with Gasteiger partial charge in [-0.25, -0.2) is 9.97 Å². The van der Waals surface area contributed by atoms with E-state index in [1.54, 1.807) is 6.33 Å². The predicted octanol–water partition coefficient (Wildman–Crippen LogP) is 1.09. The lowest BCUT2D eigenvalue weighted by molar-refractivity contribution is 0.246. The highest BCUT2D eigenvalue weighted by molar-refractivity contribution is 5.48. The zero-order chi connectivity index (χ0) is 14.5. The van der Waals surface area contributed by atoms with Crippen LogP contribution in [0.2, 0.25) is 0 Å². The first-order valence-electron chi connectivity index (χ1n) is 8.31. The van der Waals surface area contributed by atoms with Crippen LogP contribution in [-0.2, 0) is 12.8 Å². The molecule has 2 heterocycles. The second-order valence-electron chi connectivity index (χ2n) is 6.20. The summed E-state index contributed by atoms with van der Waals surface area (Å²) in [4.78, 5) is 14.0. The van der Waals surface area contributed by atoms with E-state index >= 15 is 0 Å². The Hall–Kier alpha value is -1.20. The molecule has 1 fully saturated rings. The van der Waals surface area contributed by atoms with Crippen LogP contribution in [0.25, 0.3) is 0 Å². The smallest absolute Gasteiger partial charge is 0.135 e. The van der Waals surface area contributed by atoms with Crippen LogP contribution in [0.3, 0.4) is 0 Å². The molecule has 1 N–H and O–H groups in total. The molecule has 21 heavy (non-hydrogen) atoms. The monoisotopic (exact) mass is 289 g/mol. The molecule has 116 valence electrons. The number of nitrogens with one attached hydrogen (secondary N) is 1. The van der Waals surface area contributed by atoms with Crippen LogP contribution in [0.5, 0.6) is 0 Å². The first-order chi connectivity index (χ1) is 10.3. The largest absolute Gasteiger partial charge is 0.358 e. The van der Waals surface area contributed by atoms with Gasteiger partial charge in [-0.3, -0.25) is 4.90 Å². The number of rotatable bonds is 4. The summed E-state index contributed by atoms with van der Waals surface area (Å²) in [6, 6.07) is 0. The maximum atomic E-state index is 4.58. The van der Waals surface area contributed by atoms with Gasteiger partial charge in [0.15, 0.2) is 0 Å². The molecule has 0 bridgehead atoms. The average Bonchev–Trinajstić information content (AvgIpc) is 2.78. The van der Waals surface area contributed by atoms with Crippen molar-refractivity contribution in [3.63, 3.8) is 0 Å². The fraction of sp³-hybridized carbons (Fsp3) is 0.750. The molecule has 3 rings (SSSR count). The summed E-state index contributed by atoms with van der Waals surface area (Å²) in [5, 5.41) is 3.41. The lowest BCUT2D eigenvalue weighted by Gasteiger charge is -2.30. The standard InChI is InChI=1S/C16H27N5/c1-20(11-12-21-9-7-17-8-10-21)16-14-5-3-2-4-6-15(14)18-13-19-16/h13,17H,2-12H2,1H3. The SMILES string of the molecule is CN(CCN1CCNCC1)c1ncnc2c1CCCCC2. The molecule has 2 aliphatic rings. The summed E-state index contributed by atoms with van der Waals surface area (Å²) in [5.74, 6) is 1.16. The van der Waals surface area contributed by atoms with Gasteiger partial charge in [0.1, 0.15) is 12.1 Å². The van der Waals surface area contributed by atoms with Crippen molar-refractivity contribution in [2.45, 2.75) is 32.1 Å². The molecule has 0 unspecified atom stereocenters. The quantitative estimate of drug-likeness (QED) is 0.841. The molecule has 0 radical (unpaired) electrons. The first-order valence-corrected chi connectivity index (χ1v) is 8.31. The van der Waals surface area contributed by atoms with Crippen LogP contribution in [0, 0.1) is 0 Å². The third-order valence-corrected chi connectivity index (χ3v) is 4.68. The Labute approximate surface area is 127 Å². The number of aryl methyl sites for hydroxylation is 1. The molecule has 0 saturated carbocycles. The molecule has 0 atom stereocenters. The molecule has 1 aromatic rings. The molecular formula is C16H27N5. The van der Waals surface area contributed by atoms with Crippen molar-refractivity contribution in [1.29, 1.82) is 0 Å². The number of hydrogen-bond donors (Lipinski definition) is 1. The maximum absolute atomic E-state index is 4.58. The fourth-order valence-corrected chi connectivity index (χ4v) is 3.34. The summed E-state index contributed by atoms with van der Waals surface area (Å²) < 4.78 is 0. The number of anilines is 1. The van der Waals surface area contributed by atoms with E-state index in [2.05, 4.69) is 32.1 Å². The van der Waals surface area contributed by atoms with E-state index in [0.717, 1.165) is 57.9 Å². The van der Waals surface area contributed by atoms with Crippen LogP contribution in [-0.4, -0.2) is 61.2 Å². The van der Waals surface area contributed by atoms with E-state index in [1.807, 2.05) is 0 Å². The summed E-state index contributed by atoms with van der Waals surface area (Å²) >= 11 is 0. The Balaban J connectivity index is 1.65. The van der Waals surface area contributed by atoms with Crippen molar-refractivity contribution in [1.82, 2.24) is 20.2 Å². The van der Waals surface area contributed by atoms with E-state index < -0.39 is 0 Å². The lowest BCUT2D eigenvalue weighted by Crippen LogP contribution is -2.46. The van der Waals surface area contributed by atoms with Gasteiger partial charge in [0.2, 0.25) is 0 Å². The number of likely N-dealkylation sites (N-methyl/N-ethyl adjacent to an activating group) is 1. The third kappa shape index (κ3) is 3.71. The molecule has 1 saturated heterocycles. The van der Waals surface area contributed by atoms with Crippen molar-refractivity contribution >= 4 is 5.82 Å². The van der Waals surface area contributed by atoms with Gasteiger partial charge >= 0.3 is 0 Å². The van der Waals surface area contributed by atoms with E-state index in [-0.39, 0.29) is 0 Å². The normalized spacial score (nSPS) is 19.9. The van der Waals surface area contributed by atoms with Crippen molar-refractivity contribution in [2.24, 2.45) is 0 Å². The molecule has 5 heteroatoms. The summed E-state index contributed by atoms with van der Waals surface area (Å²) in [6.45, 7) is 6.73. The maximum Gasteiger partial charge on any atom is 0.135 e. The minimum Gasteiger partial charge on any atom is -0.358 e. The molecule has 0 aromatic carbocycles. The predicted molar refractivity (Wildman–Crippen MR) is 85.9 cm³/mol. The number of nitrogens with zero attached hydrogens (tertiary/aromatic N) is 4. The van der Waals surface area contributed by atoms with Crippen molar-refractivity contribution < 1.29 is 0 Å². The Morgan fingerprint density at radius 1 is 1.14 bits per heavy atom. The Kier molecular flexibility index (Phi) is 5.04. The van der Waals surface area contributed by atoms with Gasteiger partial charge in [0.25, 0.3) is 0 Å². The third-order valence-electron chi connectivity index (χ3n) is 4.68. The number of aromatic nitrogens is 2. The molecule has 0 spiro atoms. The van der Waals surface area contributed by atoms with E-state index in [9.17, 15) is 0 Å². The van der Waals surface area contributed by atoms with Crippen LogP contribution in [0.1, 0.15) is 30.5 Å². The van der Waals surface area contributed by atoms with Gasteiger partial charge in [-0.2, -0.15) is 0 Å². The highest BCUT2D eigenvalue weighted by Gasteiger charge is 2.17. The molecule has 1 aromatic heterocycles. The van der Waals surface area contributed by atoms with Gasteiger partial charge in [-0.1, -0.05) is 6.42 Å². The van der Waals surface area contributed by atoms with E-state index in [4.69, 9.17) is 0 Å². The second-order valence-corrected chi connectivity index (χ2v) is 6.20. The lowest BCUT2D eigenvalue weighted by atomic mass is 10.1. The van der Waals surface area contributed by atoms with Crippen LogP contribution < -0.4 is 10.2 Å². The average molecular weight is 289 g/mol. The van der Waals surface area contributed by atoms with Crippen LogP contribution >= 0.6 is 0 Å².